The van der Waals surface area contributed by atoms with Crippen molar-refractivity contribution in [2.24, 2.45) is 5.73 Å². The molecule has 0 radical (unpaired) electrons. The van der Waals surface area contributed by atoms with Crippen molar-refractivity contribution in [3.05, 3.63) is 46.4 Å². The van der Waals surface area contributed by atoms with Gasteiger partial charge in [0.2, 0.25) is 0 Å². The summed E-state index contributed by atoms with van der Waals surface area (Å²) in [5.41, 5.74) is 7.09. The molecule has 2 N–H and O–H groups in total. The van der Waals surface area contributed by atoms with Gasteiger partial charge in [-0.05, 0) is 17.7 Å². The molecule has 0 aliphatic rings. The molecule has 1 aromatic heterocycles. The predicted octanol–water partition coefficient (Wildman–Crippen LogP) is 2.20. The Morgan fingerprint density at radius 1 is 1.47 bits per heavy atom. The van der Waals surface area contributed by atoms with Crippen molar-refractivity contribution in [1.29, 1.82) is 0 Å². The van der Waals surface area contributed by atoms with Crippen LogP contribution < -0.4 is 10.5 Å². The zero-order chi connectivity index (χ0) is 10.7. The molecule has 4 heteroatoms. The van der Waals surface area contributed by atoms with E-state index in [-0.39, 0.29) is 6.04 Å². The number of thiazole rings is 1. The van der Waals surface area contributed by atoms with Crippen LogP contribution in [0.4, 0.5) is 0 Å². The van der Waals surface area contributed by atoms with Crippen LogP contribution in [0, 0.1) is 0 Å². The number of methoxy groups -OCH3 is 1. The van der Waals surface area contributed by atoms with Gasteiger partial charge in [-0.15, -0.1) is 11.3 Å². The van der Waals surface area contributed by atoms with Crippen LogP contribution >= 0.6 is 11.3 Å². The summed E-state index contributed by atoms with van der Waals surface area (Å²) in [6, 6.07) is 7.58. The van der Waals surface area contributed by atoms with Crippen LogP contribution in [0.2, 0.25) is 0 Å². The molecule has 3 nitrogen and oxygen atoms in total. The van der Waals surface area contributed by atoms with Crippen LogP contribution in [-0.4, -0.2) is 12.1 Å². The first-order valence-electron chi connectivity index (χ1n) is 4.60. The molecule has 0 saturated heterocycles. The van der Waals surface area contributed by atoms with Crippen LogP contribution in [0.1, 0.15) is 16.6 Å². The quantitative estimate of drug-likeness (QED) is 0.862. The lowest BCUT2D eigenvalue weighted by molar-refractivity contribution is 0.414. The molecule has 0 amide bonds. The van der Waals surface area contributed by atoms with E-state index in [1.165, 1.54) is 0 Å². The summed E-state index contributed by atoms with van der Waals surface area (Å²) in [5, 5.41) is 2.85. The van der Waals surface area contributed by atoms with Gasteiger partial charge in [-0.3, -0.25) is 0 Å². The van der Waals surface area contributed by atoms with E-state index in [1.54, 1.807) is 24.6 Å². The predicted molar refractivity (Wildman–Crippen MR) is 61.1 cm³/mol. The fraction of sp³-hybridized carbons (Fsp3) is 0.182. The molecule has 2 rings (SSSR count). The van der Waals surface area contributed by atoms with Gasteiger partial charge in [0, 0.05) is 11.6 Å². The smallest absolute Gasteiger partial charge is 0.119 e. The summed E-state index contributed by atoms with van der Waals surface area (Å²) in [6.07, 6.45) is 1.76. The first-order valence-corrected chi connectivity index (χ1v) is 5.48. The molecule has 0 spiro atoms. The fourth-order valence-electron chi connectivity index (χ4n) is 1.37. The third-order valence-corrected chi connectivity index (χ3v) is 3.03. The summed E-state index contributed by atoms with van der Waals surface area (Å²) in [6.45, 7) is 0. The topological polar surface area (TPSA) is 48.1 Å². The third kappa shape index (κ3) is 2.16. The Bertz CT molecular complexity index is 428. The van der Waals surface area contributed by atoms with Crippen molar-refractivity contribution in [3.63, 3.8) is 0 Å². The highest BCUT2D eigenvalue weighted by Crippen LogP contribution is 2.24. The molecule has 0 fully saturated rings. The van der Waals surface area contributed by atoms with Gasteiger partial charge >= 0.3 is 0 Å². The van der Waals surface area contributed by atoms with Crippen molar-refractivity contribution in [2.75, 3.05) is 7.11 Å². The molecular formula is C11H12N2OS. The van der Waals surface area contributed by atoms with E-state index in [2.05, 4.69) is 4.98 Å². The first kappa shape index (κ1) is 10.1. The van der Waals surface area contributed by atoms with Crippen LogP contribution in [0.15, 0.2) is 35.8 Å². The summed E-state index contributed by atoms with van der Waals surface area (Å²) in [4.78, 5) is 4.20. The molecule has 1 atom stereocenters. The van der Waals surface area contributed by atoms with Gasteiger partial charge in [-0.25, -0.2) is 4.98 Å². The van der Waals surface area contributed by atoms with Crippen LogP contribution in [0.25, 0.3) is 0 Å². The van der Waals surface area contributed by atoms with Crippen molar-refractivity contribution in [3.8, 4) is 5.75 Å². The average Bonchev–Trinajstić information content (AvgIpc) is 2.81. The zero-order valence-corrected chi connectivity index (χ0v) is 9.20. The van der Waals surface area contributed by atoms with Gasteiger partial charge in [0.15, 0.2) is 0 Å². The zero-order valence-electron chi connectivity index (χ0n) is 8.38. The monoisotopic (exact) mass is 220 g/mol. The number of ether oxygens (including phenoxy) is 1. The minimum atomic E-state index is -0.167. The van der Waals surface area contributed by atoms with E-state index >= 15 is 0 Å². The largest absolute Gasteiger partial charge is 0.497 e. The van der Waals surface area contributed by atoms with Crippen molar-refractivity contribution < 1.29 is 4.74 Å². The number of nitrogens with zero attached hydrogens (tertiary/aromatic N) is 1. The molecular weight excluding hydrogens is 208 g/mol. The summed E-state index contributed by atoms with van der Waals surface area (Å²) < 4.78 is 5.15. The second-order valence-corrected chi connectivity index (χ2v) is 4.05. The summed E-state index contributed by atoms with van der Waals surface area (Å²) in [5.74, 6) is 0.819. The van der Waals surface area contributed by atoms with Crippen molar-refractivity contribution >= 4 is 11.3 Å². The Hall–Kier alpha value is -1.39. The molecule has 0 bridgehead atoms. The number of benzene rings is 1. The van der Waals surface area contributed by atoms with Crippen LogP contribution in [-0.2, 0) is 0 Å². The number of rotatable bonds is 3. The summed E-state index contributed by atoms with van der Waals surface area (Å²) in [7, 11) is 1.65. The van der Waals surface area contributed by atoms with E-state index in [9.17, 15) is 0 Å². The van der Waals surface area contributed by atoms with E-state index in [0.717, 1.165) is 16.3 Å². The van der Waals surface area contributed by atoms with E-state index in [0.29, 0.717) is 0 Å². The minimum absolute atomic E-state index is 0.167. The lowest BCUT2D eigenvalue weighted by atomic mass is 10.1. The SMILES string of the molecule is COc1cccc(C(N)c2nccs2)c1. The Balaban J connectivity index is 2.29. The lowest BCUT2D eigenvalue weighted by Crippen LogP contribution is -2.11. The molecule has 0 saturated carbocycles. The lowest BCUT2D eigenvalue weighted by Gasteiger charge is -2.09. The number of aromatic nitrogens is 1. The highest BCUT2D eigenvalue weighted by molar-refractivity contribution is 7.09. The number of hydrogen-bond acceptors (Lipinski definition) is 4. The van der Waals surface area contributed by atoms with Gasteiger partial charge in [-0.1, -0.05) is 12.1 Å². The number of nitrogens with two attached hydrogens (primary N) is 1. The number of hydrogen-bond donors (Lipinski definition) is 1. The minimum Gasteiger partial charge on any atom is -0.497 e. The molecule has 78 valence electrons. The Labute approximate surface area is 92.5 Å². The maximum Gasteiger partial charge on any atom is 0.119 e. The second kappa shape index (κ2) is 4.42. The Kier molecular flexibility index (Phi) is 2.99. The first-order chi connectivity index (χ1) is 7.31. The Morgan fingerprint density at radius 3 is 3.00 bits per heavy atom. The van der Waals surface area contributed by atoms with Gasteiger partial charge < -0.3 is 10.5 Å². The van der Waals surface area contributed by atoms with Crippen molar-refractivity contribution in [2.45, 2.75) is 6.04 Å². The maximum absolute atomic E-state index is 6.08. The molecule has 1 unspecified atom stereocenters. The van der Waals surface area contributed by atoms with Gasteiger partial charge in [-0.2, -0.15) is 0 Å². The third-order valence-electron chi connectivity index (χ3n) is 2.17. The fourth-order valence-corrected chi connectivity index (χ4v) is 2.03. The standard InChI is InChI=1S/C11H12N2OS/c1-14-9-4-2-3-8(7-9)10(12)11-13-5-6-15-11/h2-7,10H,12H2,1H3. The van der Waals surface area contributed by atoms with Crippen LogP contribution in [0.5, 0.6) is 5.75 Å². The van der Waals surface area contributed by atoms with Gasteiger partial charge in [0.05, 0.1) is 13.2 Å². The molecule has 2 aromatic rings. The average molecular weight is 220 g/mol. The molecule has 15 heavy (non-hydrogen) atoms. The molecule has 0 aliphatic carbocycles. The highest BCUT2D eigenvalue weighted by atomic mass is 32.1. The van der Waals surface area contributed by atoms with E-state index in [1.807, 2.05) is 29.6 Å². The van der Waals surface area contributed by atoms with Crippen LogP contribution in [0.3, 0.4) is 0 Å². The molecule has 1 aromatic carbocycles. The second-order valence-electron chi connectivity index (χ2n) is 3.12. The molecule has 1 heterocycles. The maximum atomic E-state index is 6.08. The summed E-state index contributed by atoms with van der Waals surface area (Å²) >= 11 is 1.56. The van der Waals surface area contributed by atoms with E-state index < -0.39 is 0 Å². The highest BCUT2D eigenvalue weighted by Gasteiger charge is 2.11. The van der Waals surface area contributed by atoms with Gasteiger partial charge in [0.1, 0.15) is 10.8 Å². The Morgan fingerprint density at radius 2 is 2.33 bits per heavy atom. The van der Waals surface area contributed by atoms with E-state index in [4.69, 9.17) is 10.5 Å². The normalized spacial score (nSPS) is 12.4. The van der Waals surface area contributed by atoms with Gasteiger partial charge in [0.25, 0.3) is 0 Å². The van der Waals surface area contributed by atoms with Crippen molar-refractivity contribution in [1.82, 2.24) is 4.98 Å². The molecule has 0 aliphatic heterocycles.